The lowest BCUT2D eigenvalue weighted by atomic mass is 10.1. The molecule has 1 aromatic carbocycles. The molecule has 1 heterocycles. The average Bonchev–Trinajstić information content (AvgIpc) is 2.88. The summed E-state index contributed by atoms with van der Waals surface area (Å²) in [5, 5.41) is 0. The van der Waals surface area contributed by atoms with E-state index in [0.29, 0.717) is 24.3 Å². The van der Waals surface area contributed by atoms with Crippen molar-refractivity contribution in [1.82, 2.24) is 4.98 Å². The van der Waals surface area contributed by atoms with Gasteiger partial charge in [0.1, 0.15) is 0 Å². The molecule has 0 aliphatic carbocycles. The number of hydrogen-bond donors (Lipinski definition) is 0. The smallest absolute Gasteiger partial charge is 0.339 e. The van der Waals surface area contributed by atoms with Gasteiger partial charge in [-0.3, -0.25) is 4.98 Å². The van der Waals surface area contributed by atoms with Gasteiger partial charge in [0.25, 0.3) is 0 Å². The molecule has 0 bridgehead atoms. The first-order valence-electron chi connectivity index (χ1n) is 13.0. The minimum Gasteiger partial charge on any atom is -0.462 e. The molecule has 2 aromatic rings. The largest absolute Gasteiger partial charge is 0.462 e. The fraction of sp³-hybridized carbons (Fsp3) is 0.552. The van der Waals surface area contributed by atoms with Crippen LogP contribution in [-0.2, 0) is 9.47 Å². The van der Waals surface area contributed by atoms with Crippen LogP contribution in [-0.4, -0.2) is 30.1 Å². The van der Waals surface area contributed by atoms with E-state index in [9.17, 15) is 9.59 Å². The molecule has 5 nitrogen and oxygen atoms in total. The average molecular weight is 470 g/mol. The zero-order valence-electron chi connectivity index (χ0n) is 21.2. The van der Waals surface area contributed by atoms with Crippen LogP contribution >= 0.6 is 0 Å². The van der Waals surface area contributed by atoms with E-state index in [4.69, 9.17) is 9.47 Å². The third-order valence-corrected chi connectivity index (χ3v) is 5.40. The third kappa shape index (κ3) is 14.5. The second-order valence-corrected chi connectivity index (χ2v) is 8.38. The first-order valence-corrected chi connectivity index (χ1v) is 13.0. The fourth-order valence-electron chi connectivity index (χ4n) is 3.40. The number of nitrogens with zero attached hydrogens (tertiary/aromatic N) is 1. The molecule has 0 atom stereocenters. The summed E-state index contributed by atoms with van der Waals surface area (Å²) >= 11 is 0. The summed E-state index contributed by atoms with van der Waals surface area (Å²) in [4.78, 5) is 28.5. The maximum atomic E-state index is 12.4. The van der Waals surface area contributed by atoms with Crippen LogP contribution in [0.1, 0.15) is 112 Å². The SMILES string of the molecule is CCCCCCCCOC(=O)c1ccccc1C(=O)OCCCCCCCC.c1ccncc1. The Hall–Kier alpha value is -2.69. The van der Waals surface area contributed by atoms with Crippen molar-refractivity contribution in [2.45, 2.75) is 90.9 Å². The summed E-state index contributed by atoms with van der Waals surface area (Å²) in [5.74, 6) is -0.888. The number of aromatic nitrogens is 1. The van der Waals surface area contributed by atoms with Crippen molar-refractivity contribution in [3.63, 3.8) is 0 Å². The fourth-order valence-corrected chi connectivity index (χ4v) is 3.40. The number of ether oxygens (including phenoxy) is 2. The van der Waals surface area contributed by atoms with Gasteiger partial charge in [-0.1, -0.05) is 96.3 Å². The van der Waals surface area contributed by atoms with Crippen LogP contribution in [0.5, 0.6) is 0 Å². The minimum absolute atomic E-state index is 0.293. The standard InChI is InChI=1S/C24H38O4.C5H5N/c1-3-5-7-9-11-15-19-27-23(25)21-17-13-14-18-22(21)24(26)28-20-16-12-10-8-6-4-2;1-2-4-6-5-3-1/h13-14,17-18H,3-12,15-16,19-20H2,1-2H3;1-5H. The van der Waals surface area contributed by atoms with Crippen LogP contribution in [0.25, 0.3) is 0 Å². The van der Waals surface area contributed by atoms with Gasteiger partial charge in [0, 0.05) is 12.4 Å². The van der Waals surface area contributed by atoms with Gasteiger partial charge in [-0.25, -0.2) is 9.59 Å². The molecule has 2 rings (SSSR count). The molecule has 34 heavy (non-hydrogen) atoms. The third-order valence-electron chi connectivity index (χ3n) is 5.40. The van der Waals surface area contributed by atoms with Crippen LogP contribution in [0.4, 0.5) is 0 Å². The Bertz CT molecular complexity index is 688. The Morgan fingerprint density at radius 1 is 0.588 bits per heavy atom. The minimum atomic E-state index is -0.444. The maximum absolute atomic E-state index is 12.4. The van der Waals surface area contributed by atoms with E-state index in [2.05, 4.69) is 18.8 Å². The van der Waals surface area contributed by atoms with E-state index < -0.39 is 11.9 Å². The number of pyridine rings is 1. The highest BCUT2D eigenvalue weighted by molar-refractivity contribution is 6.03. The highest BCUT2D eigenvalue weighted by Crippen LogP contribution is 2.14. The number of rotatable bonds is 16. The molecule has 0 fully saturated rings. The number of carbonyl (C=O) groups is 2. The molecule has 0 aliphatic rings. The van der Waals surface area contributed by atoms with Gasteiger partial charge < -0.3 is 9.47 Å². The number of benzene rings is 1. The summed E-state index contributed by atoms with van der Waals surface area (Å²) in [6.45, 7) is 5.17. The molecule has 0 saturated heterocycles. The maximum Gasteiger partial charge on any atom is 0.339 e. The molecule has 0 unspecified atom stereocenters. The second-order valence-electron chi connectivity index (χ2n) is 8.38. The van der Waals surface area contributed by atoms with Gasteiger partial charge in [0.05, 0.1) is 24.3 Å². The lowest BCUT2D eigenvalue weighted by Gasteiger charge is -2.10. The van der Waals surface area contributed by atoms with Crippen LogP contribution in [0, 0.1) is 0 Å². The Kier molecular flexibility index (Phi) is 18.0. The molecule has 0 aliphatic heterocycles. The molecule has 0 N–H and O–H groups in total. The van der Waals surface area contributed by atoms with Crippen molar-refractivity contribution >= 4 is 11.9 Å². The summed E-state index contributed by atoms with van der Waals surface area (Å²) < 4.78 is 10.7. The van der Waals surface area contributed by atoms with Crippen molar-refractivity contribution in [1.29, 1.82) is 0 Å². The van der Waals surface area contributed by atoms with Crippen molar-refractivity contribution in [3.05, 3.63) is 66.0 Å². The first-order chi connectivity index (χ1) is 16.7. The van der Waals surface area contributed by atoms with Gasteiger partial charge in [-0.15, -0.1) is 0 Å². The number of hydrogen-bond acceptors (Lipinski definition) is 5. The number of carbonyl (C=O) groups excluding carboxylic acids is 2. The second kappa shape index (κ2) is 20.9. The zero-order chi connectivity index (χ0) is 24.7. The van der Waals surface area contributed by atoms with Crippen LogP contribution in [0.15, 0.2) is 54.9 Å². The topological polar surface area (TPSA) is 65.5 Å². The van der Waals surface area contributed by atoms with E-state index in [1.807, 2.05) is 18.2 Å². The quantitative estimate of drug-likeness (QED) is 0.185. The van der Waals surface area contributed by atoms with Crippen molar-refractivity contribution in [2.75, 3.05) is 13.2 Å². The monoisotopic (exact) mass is 469 g/mol. The molecule has 188 valence electrons. The predicted molar refractivity (Wildman–Crippen MR) is 138 cm³/mol. The highest BCUT2D eigenvalue weighted by Gasteiger charge is 2.18. The molecular formula is C29H43NO4. The molecule has 0 saturated carbocycles. The van der Waals surface area contributed by atoms with Crippen LogP contribution in [0.3, 0.4) is 0 Å². The Morgan fingerprint density at radius 3 is 1.35 bits per heavy atom. The summed E-state index contributed by atoms with van der Waals surface area (Å²) in [6, 6.07) is 12.5. The molecular weight excluding hydrogens is 426 g/mol. The van der Waals surface area contributed by atoms with Gasteiger partial charge in [0.2, 0.25) is 0 Å². The Morgan fingerprint density at radius 2 is 1.00 bits per heavy atom. The van der Waals surface area contributed by atoms with E-state index in [1.54, 1.807) is 36.7 Å². The molecule has 5 heteroatoms. The van der Waals surface area contributed by atoms with Gasteiger partial charge in [0.15, 0.2) is 0 Å². The zero-order valence-corrected chi connectivity index (χ0v) is 21.2. The Balaban J connectivity index is 0.000000830. The predicted octanol–water partition coefficient (Wildman–Crippen LogP) is 7.80. The lowest BCUT2D eigenvalue weighted by molar-refractivity contribution is 0.0450. The van der Waals surface area contributed by atoms with E-state index in [1.165, 1.54) is 51.4 Å². The summed E-state index contributed by atoms with van der Waals surface area (Å²) in [6.07, 6.45) is 17.1. The van der Waals surface area contributed by atoms with E-state index in [0.717, 1.165) is 25.7 Å². The molecule has 0 amide bonds. The van der Waals surface area contributed by atoms with Crippen LogP contribution < -0.4 is 0 Å². The van der Waals surface area contributed by atoms with Crippen molar-refractivity contribution in [2.24, 2.45) is 0 Å². The van der Waals surface area contributed by atoms with Crippen molar-refractivity contribution in [3.8, 4) is 0 Å². The number of esters is 2. The normalized spacial score (nSPS) is 10.2. The first kappa shape index (κ1) is 29.3. The molecule has 0 radical (unpaired) electrons. The summed E-state index contributed by atoms with van der Waals surface area (Å²) in [5.41, 5.74) is 0.586. The number of unbranched alkanes of at least 4 members (excludes halogenated alkanes) is 10. The van der Waals surface area contributed by atoms with Gasteiger partial charge in [-0.2, -0.15) is 0 Å². The van der Waals surface area contributed by atoms with E-state index >= 15 is 0 Å². The van der Waals surface area contributed by atoms with Crippen LogP contribution in [0.2, 0.25) is 0 Å². The molecule has 1 aromatic heterocycles. The van der Waals surface area contributed by atoms with Gasteiger partial charge in [-0.05, 0) is 37.1 Å². The van der Waals surface area contributed by atoms with E-state index in [-0.39, 0.29) is 0 Å². The summed E-state index contributed by atoms with van der Waals surface area (Å²) in [7, 11) is 0. The Labute approximate surface area is 206 Å². The molecule has 0 spiro atoms. The van der Waals surface area contributed by atoms with Gasteiger partial charge >= 0.3 is 11.9 Å². The van der Waals surface area contributed by atoms with Crippen molar-refractivity contribution < 1.29 is 19.1 Å². The highest BCUT2D eigenvalue weighted by atomic mass is 16.5. The lowest BCUT2D eigenvalue weighted by Crippen LogP contribution is -2.15.